The molecule has 46 heavy (non-hydrogen) atoms. The maximum atomic E-state index is 13.8. The van der Waals surface area contributed by atoms with Crippen molar-refractivity contribution in [2.45, 2.75) is 82.4 Å². The summed E-state index contributed by atoms with van der Waals surface area (Å²) < 4.78 is 5.43. The van der Waals surface area contributed by atoms with Crippen molar-refractivity contribution in [3.63, 3.8) is 0 Å². The number of esters is 1. The maximum Gasteiger partial charge on any atom is 0.308 e. The van der Waals surface area contributed by atoms with Gasteiger partial charge in [-0.15, -0.1) is 11.8 Å². The highest BCUT2D eigenvalue weighted by Gasteiger charge is 2.45. The molecular formula is C33H39ClN4O7S. The summed E-state index contributed by atoms with van der Waals surface area (Å²) in [5.41, 5.74) is 0.386. The van der Waals surface area contributed by atoms with Gasteiger partial charge in [-0.3, -0.25) is 33.8 Å². The molecule has 2 aromatic carbocycles. The largest absolute Gasteiger partial charge is 0.460 e. The fourth-order valence-electron chi connectivity index (χ4n) is 5.28. The van der Waals surface area contributed by atoms with Crippen molar-refractivity contribution < 1.29 is 33.5 Å². The van der Waals surface area contributed by atoms with E-state index < -0.39 is 59.6 Å². The Morgan fingerprint density at radius 1 is 1.02 bits per heavy atom. The van der Waals surface area contributed by atoms with Crippen LogP contribution in [-0.2, 0) is 34.5 Å². The van der Waals surface area contributed by atoms with Crippen LogP contribution >= 0.6 is 23.4 Å². The average Bonchev–Trinajstić information content (AvgIpc) is 3.13. The van der Waals surface area contributed by atoms with E-state index in [2.05, 4.69) is 10.6 Å². The van der Waals surface area contributed by atoms with Crippen molar-refractivity contribution in [3.8, 4) is 0 Å². The van der Waals surface area contributed by atoms with E-state index in [-0.39, 0.29) is 37.5 Å². The molecule has 0 aromatic heterocycles. The van der Waals surface area contributed by atoms with E-state index in [0.29, 0.717) is 22.8 Å². The number of benzene rings is 2. The number of hydrazine groups is 1. The SMILES string of the molecule is CC(C)(C)OC(=O)C[C@H](NC(=O)[C@@H]1CCCN2C(=O)CC[C@H](NC(=O)c3ccccc3)C(=O)N12)C(=O)CSCc1ccccc1Cl. The number of hydrogen-bond acceptors (Lipinski definition) is 8. The molecule has 0 aliphatic carbocycles. The Labute approximate surface area is 277 Å². The summed E-state index contributed by atoms with van der Waals surface area (Å²) in [7, 11) is 0. The number of carbonyl (C=O) groups excluding carboxylic acids is 6. The fraction of sp³-hybridized carbons (Fsp3) is 0.455. The van der Waals surface area contributed by atoms with Crippen LogP contribution in [0.25, 0.3) is 0 Å². The molecule has 2 fully saturated rings. The molecule has 246 valence electrons. The molecule has 0 unspecified atom stereocenters. The molecule has 4 amide bonds. The number of hydrogen-bond donors (Lipinski definition) is 2. The second-order valence-corrected chi connectivity index (χ2v) is 13.6. The monoisotopic (exact) mass is 670 g/mol. The number of rotatable bonds is 11. The highest BCUT2D eigenvalue weighted by atomic mass is 35.5. The molecule has 2 aliphatic heterocycles. The molecule has 2 aliphatic rings. The van der Waals surface area contributed by atoms with Gasteiger partial charge < -0.3 is 15.4 Å². The number of Topliss-reactive ketones (excluding diaryl/α,β-unsaturated/α-hetero) is 1. The maximum absolute atomic E-state index is 13.8. The Kier molecular flexibility index (Phi) is 11.9. The Bertz CT molecular complexity index is 1470. The van der Waals surface area contributed by atoms with E-state index in [1.165, 1.54) is 16.8 Å². The van der Waals surface area contributed by atoms with Crippen LogP contribution in [0.15, 0.2) is 54.6 Å². The summed E-state index contributed by atoms with van der Waals surface area (Å²) in [6.45, 7) is 5.33. The third-order valence-corrected chi connectivity index (χ3v) is 8.83. The fourth-order valence-corrected chi connectivity index (χ4v) is 6.54. The van der Waals surface area contributed by atoms with Crippen LogP contribution in [-0.4, -0.2) is 81.4 Å². The van der Waals surface area contributed by atoms with Crippen molar-refractivity contribution in [2.24, 2.45) is 0 Å². The zero-order valence-corrected chi connectivity index (χ0v) is 27.7. The molecule has 3 atom stereocenters. The van der Waals surface area contributed by atoms with E-state index in [1.54, 1.807) is 57.2 Å². The molecule has 2 heterocycles. The minimum Gasteiger partial charge on any atom is -0.460 e. The quantitative estimate of drug-likeness (QED) is 0.345. The summed E-state index contributed by atoms with van der Waals surface area (Å²) >= 11 is 7.54. The van der Waals surface area contributed by atoms with Gasteiger partial charge in [0.05, 0.1) is 18.2 Å². The predicted molar refractivity (Wildman–Crippen MR) is 174 cm³/mol. The van der Waals surface area contributed by atoms with E-state index in [1.807, 2.05) is 18.2 Å². The van der Waals surface area contributed by atoms with Crippen molar-refractivity contribution in [3.05, 3.63) is 70.7 Å². The third kappa shape index (κ3) is 9.32. The van der Waals surface area contributed by atoms with E-state index in [4.69, 9.17) is 16.3 Å². The van der Waals surface area contributed by atoms with Crippen molar-refractivity contribution >= 4 is 58.7 Å². The van der Waals surface area contributed by atoms with Crippen LogP contribution < -0.4 is 10.6 Å². The van der Waals surface area contributed by atoms with Crippen LogP contribution in [0.3, 0.4) is 0 Å². The molecule has 0 spiro atoms. The number of carbonyl (C=O) groups is 6. The van der Waals surface area contributed by atoms with Crippen LogP contribution in [0.2, 0.25) is 5.02 Å². The van der Waals surface area contributed by atoms with Crippen LogP contribution in [0, 0.1) is 0 Å². The number of nitrogens with zero attached hydrogens (tertiary/aromatic N) is 2. The molecule has 4 rings (SSSR count). The molecule has 11 nitrogen and oxygen atoms in total. The normalized spacial score (nSPS) is 19.0. The van der Waals surface area contributed by atoms with Gasteiger partial charge >= 0.3 is 5.97 Å². The minimum absolute atomic E-state index is 0.00127. The first-order valence-corrected chi connectivity index (χ1v) is 16.7. The molecule has 2 N–H and O–H groups in total. The number of amides is 4. The average molecular weight is 671 g/mol. The lowest BCUT2D eigenvalue weighted by atomic mass is 10.0. The summed E-state index contributed by atoms with van der Waals surface area (Å²) in [6.07, 6.45) is 0.314. The molecule has 2 saturated heterocycles. The van der Waals surface area contributed by atoms with Gasteiger partial charge in [-0.2, -0.15) is 0 Å². The van der Waals surface area contributed by atoms with E-state index >= 15 is 0 Å². The van der Waals surface area contributed by atoms with Crippen molar-refractivity contribution in [2.75, 3.05) is 12.3 Å². The number of halogens is 1. The lowest BCUT2D eigenvalue weighted by Gasteiger charge is -2.43. The Morgan fingerprint density at radius 3 is 2.41 bits per heavy atom. The van der Waals surface area contributed by atoms with E-state index in [0.717, 1.165) is 10.6 Å². The molecule has 2 aromatic rings. The number of nitrogens with one attached hydrogen (secondary N) is 2. The molecule has 0 radical (unpaired) electrons. The highest BCUT2D eigenvalue weighted by molar-refractivity contribution is 7.99. The number of thioether (sulfide) groups is 1. The Balaban J connectivity index is 1.51. The first-order valence-electron chi connectivity index (χ1n) is 15.2. The van der Waals surface area contributed by atoms with Gasteiger partial charge in [0.1, 0.15) is 17.7 Å². The molecule has 13 heteroatoms. The van der Waals surface area contributed by atoms with Gasteiger partial charge in [-0.05, 0) is 63.8 Å². The van der Waals surface area contributed by atoms with E-state index in [9.17, 15) is 28.8 Å². The molecule has 0 saturated carbocycles. The topological polar surface area (TPSA) is 142 Å². The zero-order valence-electron chi connectivity index (χ0n) is 26.1. The molecular weight excluding hydrogens is 632 g/mol. The number of ether oxygens (including phenoxy) is 1. The van der Waals surface area contributed by atoms with Gasteiger partial charge in [-0.25, -0.2) is 5.01 Å². The predicted octanol–water partition coefficient (Wildman–Crippen LogP) is 3.69. The number of fused-ring (bicyclic) bond motifs is 1. The zero-order chi connectivity index (χ0) is 33.4. The molecule has 0 bridgehead atoms. The highest BCUT2D eigenvalue weighted by Crippen LogP contribution is 2.26. The summed E-state index contributed by atoms with van der Waals surface area (Å²) in [6, 6.07) is 12.2. The summed E-state index contributed by atoms with van der Waals surface area (Å²) in [4.78, 5) is 79.9. The summed E-state index contributed by atoms with van der Waals surface area (Å²) in [5.74, 6) is -2.76. The smallest absolute Gasteiger partial charge is 0.308 e. The van der Waals surface area contributed by atoms with Gasteiger partial charge in [0, 0.05) is 29.3 Å². The third-order valence-electron chi connectivity index (χ3n) is 7.46. The van der Waals surface area contributed by atoms with Gasteiger partial charge in [0.25, 0.3) is 11.8 Å². The Hall–Kier alpha value is -3.90. The van der Waals surface area contributed by atoms with Gasteiger partial charge in [0.15, 0.2) is 5.78 Å². The van der Waals surface area contributed by atoms with Crippen molar-refractivity contribution in [1.82, 2.24) is 20.7 Å². The first-order chi connectivity index (χ1) is 21.8. The van der Waals surface area contributed by atoms with Crippen LogP contribution in [0.5, 0.6) is 0 Å². The lowest BCUT2D eigenvalue weighted by Crippen LogP contribution is -2.64. The minimum atomic E-state index is -1.23. The van der Waals surface area contributed by atoms with Gasteiger partial charge in [0.2, 0.25) is 11.8 Å². The van der Waals surface area contributed by atoms with Crippen molar-refractivity contribution in [1.29, 1.82) is 0 Å². The van der Waals surface area contributed by atoms with Crippen LogP contribution in [0.4, 0.5) is 0 Å². The lowest BCUT2D eigenvalue weighted by molar-refractivity contribution is -0.176. The second kappa shape index (κ2) is 15.6. The second-order valence-electron chi connectivity index (χ2n) is 12.2. The standard InChI is InChI=1S/C33H39ClN4O7S/c1-33(2,3)45-29(41)18-25(27(39)20-46-19-22-12-7-8-13-23(22)34)36-31(43)26-14-9-17-37-28(40)16-15-24(32(44)38(26)37)35-30(42)21-10-5-4-6-11-21/h4-8,10-13,24-26H,9,14-20H2,1-3H3,(H,35,42)(H,36,43)/t24-,25-,26-/m0/s1. The van der Waals surface area contributed by atoms with Crippen LogP contribution in [0.1, 0.15) is 68.8 Å². The first kappa shape index (κ1) is 35.0. The summed E-state index contributed by atoms with van der Waals surface area (Å²) in [5, 5.41) is 8.35. The number of ketones is 1. The Morgan fingerprint density at radius 2 is 1.72 bits per heavy atom. The van der Waals surface area contributed by atoms with Gasteiger partial charge in [-0.1, -0.05) is 48.0 Å².